The lowest BCUT2D eigenvalue weighted by atomic mass is 9.60. The lowest BCUT2D eigenvalue weighted by Crippen LogP contribution is -2.47. The van der Waals surface area contributed by atoms with Gasteiger partial charge in [0, 0.05) is 11.1 Å². The van der Waals surface area contributed by atoms with E-state index in [4.69, 9.17) is 11.5 Å². The van der Waals surface area contributed by atoms with E-state index in [1.807, 2.05) is 31.2 Å². The summed E-state index contributed by atoms with van der Waals surface area (Å²) in [6, 6.07) is 9.73. The molecule has 1 aromatic carbocycles. The Morgan fingerprint density at radius 2 is 1.93 bits per heavy atom. The molecule has 2 aliphatic rings. The Labute approximate surface area is 174 Å². The maximum absolute atomic E-state index is 12.4. The van der Waals surface area contributed by atoms with Gasteiger partial charge < -0.3 is 16.8 Å². The molecular formula is C21H25N5O2S. The number of hydrogen-bond donors (Lipinski definition) is 3. The number of nitrogens with one attached hydrogen (secondary N) is 1. The molecule has 2 amide bonds. The Balaban J connectivity index is 1.84. The highest BCUT2D eigenvalue weighted by Crippen LogP contribution is 2.52. The molecule has 1 aliphatic heterocycles. The van der Waals surface area contributed by atoms with Crippen LogP contribution in [0.5, 0.6) is 0 Å². The minimum Gasteiger partial charge on any atom is -0.386 e. The van der Waals surface area contributed by atoms with Gasteiger partial charge in [-0.15, -0.1) is 0 Å². The van der Waals surface area contributed by atoms with Crippen LogP contribution in [0.25, 0.3) is 0 Å². The number of carbonyl (C=O) groups is 2. The van der Waals surface area contributed by atoms with Gasteiger partial charge in [-0.3, -0.25) is 9.59 Å². The number of aliphatic imine (C=N–C) groups is 1. The van der Waals surface area contributed by atoms with Crippen LogP contribution in [-0.4, -0.2) is 23.4 Å². The van der Waals surface area contributed by atoms with Gasteiger partial charge in [0.05, 0.1) is 17.4 Å². The molecule has 1 fully saturated rings. The number of hydrogen-bond acceptors (Lipinski definition) is 6. The van der Waals surface area contributed by atoms with Gasteiger partial charge in [0.25, 0.3) is 0 Å². The summed E-state index contributed by atoms with van der Waals surface area (Å²) in [6.45, 7) is 1.97. The summed E-state index contributed by atoms with van der Waals surface area (Å²) in [7, 11) is 0. The SMILES string of the molecule is Cc1ccc(NC(=O)CSC2=C(C(N)=O)C3(CCCCC3)C(C#N)C(N)=N2)cc1. The van der Waals surface area contributed by atoms with Crippen LogP contribution < -0.4 is 16.8 Å². The van der Waals surface area contributed by atoms with Crippen molar-refractivity contribution in [2.75, 3.05) is 11.1 Å². The van der Waals surface area contributed by atoms with Crippen LogP contribution in [0.1, 0.15) is 37.7 Å². The second kappa shape index (κ2) is 8.70. The Kier molecular flexibility index (Phi) is 6.28. The molecule has 0 aromatic heterocycles. The first-order valence-electron chi connectivity index (χ1n) is 9.65. The van der Waals surface area contributed by atoms with Crippen LogP contribution in [0.3, 0.4) is 0 Å². The van der Waals surface area contributed by atoms with Crippen molar-refractivity contribution in [2.45, 2.75) is 39.0 Å². The predicted octanol–water partition coefficient (Wildman–Crippen LogP) is 2.82. The first-order valence-corrected chi connectivity index (χ1v) is 10.6. The molecule has 0 bridgehead atoms. The number of thioether (sulfide) groups is 1. The number of nitrogens with two attached hydrogens (primary N) is 2. The number of nitriles is 1. The first kappa shape index (κ1) is 20.9. The van der Waals surface area contributed by atoms with Crippen LogP contribution in [-0.2, 0) is 9.59 Å². The summed E-state index contributed by atoms with van der Waals surface area (Å²) in [5, 5.41) is 12.9. The van der Waals surface area contributed by atoms with E-state index in [0.717, 1.165) is 36.6 Å². The lowest BCUT2D eigenvalue weighted by molar-refractivity contribution is -0.116. The van der Waals surface area contributed by atoms with E-state index in [9.17, 15) is 14.9 Å². The summed E-state index contributed by atoms with van der Waals surface area (Å²) >= 11 is 1.14. The molecule has 1 unspecified atom stereocenters. The van der Waals surface area contributed by atoms with Crippen molar-refractivity contribution in [1.29, 1.82) is 5.26 Å². The Morgan fingerprint density at radius 1 is 1.28 bits per heavy atom. The third-order valence-corrected chi connectivity index (χ3v) is 6.56. The third kappa shape index (κ3) is 4.30. The lowest BCUT2D eigenvalue weighted by Gasteiger charge is -2.43. The Morgan fingerprint density at radius 3 is 2.52 bits per heavy atom. The van der Waals surface area contributed by atoms with E-state index in [-0.39, 0.29) is 17.5 Å². The number of aryl methyl sites for hydroxylation is 1. The molecule has 1 spiro atoms. The zero-order valence-electron chi connectivity index (χ0n) is 16.4. The fourth-order valence-electron chi connectivity index (χ4n) is 4.21. The molecule has 5 N–H and O–H groups in total. The Bertz CT molecular complexity index is 908. The third-order valence-electron chi connectivity index (χ3n) is 5.59. The number of primary amides is 1. The molecule has 1 atom stereocenters. The van der Waals surface area contributed by atoms with Crippen molar-refractivity contribution in [3.63, 3.8) is 0 Å². The van der Waals surface area contributed by atoms with Gasteiger partial charge in [0.1, 0.15) is 16.8 Å². The van der Waals surface area contributed by atoms with Crippen molar-refractivity contribution >= 4 is 35.1 Å². The number of nitrogens with zero attached hydrogens (tertiary/aromatic N) is 2. The zero-order valence-corrected chi connectivity index (χ0v) is 17.2. The molecular weight excluding hydrogens is 386 g/mol. The molecule has 1 saturated carbocycles. The van der Waals surface area contributed by atoms with E-state index < -0.39 is 17.2 Å². The average molecular weight is 412 g/mol. The predicted molar refractivity (Wildman–Crippen MR) is 115 cm³/mol. The van der Waals surface area contributed by atoms with Crippen molar-refractivity contribution < 1.29 is 9.59 Å². The van der Waals surface area contributed by atoms with Gasteiger partial charge in [0.15, 0.2) is 0 Å². The van der Waals surface area contributed by atoms with E-state index in [0.29, 0.717) is 29.1 Å². The molecule has 7 nitrogen and oxygen atoms in total. The van der Waals surface area contributed by atoms with Crippen LogP contribution in [0, 0.1) is 29.6 Å². The summed E-state index contributed by atoms with van der Waals surface area (Å²) < 4.78 is 0. The van der Waals surface area contributed by atoms with Gasteiger partial charge in [-0.05, 0) is 31.9 Å². The molecule has 152 valence electrons. The van der Waals surface area contributed by atoms with Gasteiger partial charge in [0.2, 0.25) is 11.8 Å². The number of amidine groups is 1. The maximum Gasteiger partial charge on any atom is 0.247 e. The summed E-state index contributed by atoms with van der Waals surface area (Å²) in [5.41, 5.74) is 13.3. The first-order chi connectivity index (χ1) is 13.9. The number of rotatable bonds is 5. The van der Waals surface area contributed by atoms with E-state index in [2.05, 4.69) is 16.4 Å². The minimum absolute atomic E-state index is 0.0596. The highest BCUT2D eigenvalue weighted by Gasteiger charge is 2.50. The average Bonchev–Trinajstić information content (AvgIpc) is 2.68. The number of anilines is 1. The van der Waals surface area contributed by atoms with Gasteiger partial charge in [-0.25, -0.2) is 4.99 Å². The van der Waals surface area contributed by atoms with Crippen molar-refractivity contribution in [2.24, 2.45) is 27.8 Å². The number of carbonyl (C=O) groups excluding carboxylic acids is 2. The zero-order chi connectivity index (χ0) is 21.0. The number of benzene rings is 1. The van der Waals surface area contributed by atoms with Gasteiger partial charge >= 0.3 is 0 Å². The fourth-order valence-corrected chi connectivity index (χ4v) is 5.17. The summed E-state index contributed by atoms with van der Waals surface area (Å²) in [5.74, 6) is -1.23. The second-order valence-electron chi connectivity index (χ2n) is 7.56. The van der Waals surface area contributed by atoms with Gasteiger partial charge in [-0.1, -0.05) is 48.7 Å². The highest BCUT2D eigenvalue weighted by atomic mass is 32.2. The monoisotopic (exact) mass is 411 g/mol. The van der Waals surface area contributed by atoms with E-state index >= 15 is 0 Å². The normalized spacial score (nSPS) is 20.7. The van der Waals surface area contributed by atoms with E-state index in [1.54, 1.807) is 0 Å². The van der Waals surface area contributed by atoms with Crippen LogP contribution in [0.15, 0.2) is 39.9 Å². The van der Waals surface area contributed by atoms with Crippen molar-refractivity contribution in [3.8, 4) is 6.07 Å². The standard InChI is InChI=1S/C21H25N5O2S/c1-13-5-7-14(8-6-13)25-16(27)12-29-20-17(19(24)28)21(9-3-2-4-10-21)15(11-22)18(23)26-20/h5-8,15H,2-4,9-10,12H2,1H3,(H2,23,26)(H2,24,28)(H,25,27). The molecule has 1 aliphatic carbocycles. The smallest absolute Gasteiger partial charge is 0.247 e. The maximum atomic E-state index is 12.4. The van der Waals surface area contributed by atoms with Crippen molar-refractivity contribution in [1.82, 2.24) is 0 Å². The van der Waals surface area contributed by atoms with Gasteiger partial charge in [-0.2, -0.15) is 5.26 Å². The largest absolute Gasteiger partial charge is 0.386 e. The van der Waals surface area contributed by atoms with E-state index in [1.165, 1.54) is 0 Å². The fraction of sp³-hybridized carbons (Fsp3) is 0.429. The summed E-state index contributed by atoms with van der Waals surface area (Å²) in [4.78, 5) is 29.1. The molecule has 8 heteroatoms. The van der Waals surface area contributed by atoms with Crippen LogP contribution in [0.4, 0.5) is 5.69 Å². The van der Waals surface area contributed by atoms with Crippen molar-refractivity contribution in [3.05, 3.63) is 40.4 Å². The molecule has 0 saturated heterocycles. The minimum atomic E-state index is -0.708. The highest BCUT2D eigenvalue weighted by molar-refractivity contribution is 8.03. The quantitative estimate of drug-likeness (QED) is 0.685. The molecule has 1 aromatic rings. The number of amides is 2. The summed E-state index contributed by atoms with van der Waals surface area (Å²) in [6.07, 6.45) is 4.17. The topological polar surface area (TPSA) is 134 Å². The molecule has 0 radical (unpaired) electrons. The Hall–Kier alpha value is -2.79. The molecule has 3 rings (SSSR count). The van der Waals surface area contributed by atoms with Crippen LogP contribution in [0.2, 0.25) is 0 Å². The second-order valence-corrected chi connectivity index (χ2v) is 8.53. The molecule has 29 heavy (non-hydrogen) atoms. The van der Waals surface area contributed by atoms with Crippen LogP contribution >= 0.6 is 11.8 Å². The molecule has 1 heterocycles.